The summed E-state index contributed by atoms with van der Waals surface area (Å²) in [6, 6.07) is 16.0. The number of hydrazone groups is 1. The van der Waals surface area contributed by atoms with Crippen LogP contribution in [0, 0.1) is 6.92 Å². The SMILES string of the molecule is COc1ccc(C2=NN(C(C)=O)[C@@H](c3cccc(C)c3)C2)cc1. The molecule has 4 heteroatoms. The molecule has 118 valence electrons. The number of carbonyl (C=O) groups excluding carboxylic acids is 1. The van der Waals surface area contributed by atoms with Crippen LogP contribution < -0.4 is 4.74 Å². The van der Waals surface area contributed by atoms with Crippen molar-refractivity contribution in [2.75, 3.05) is 7.11 Å². The van der Waals surface area contributed by atoms with E-state index < -0.39 is 0 Å². The standard InChI is InChI=1S/C19H20N2O2/c1-13-5-4-6-16(11-13)19-12-18(20-21(19)14(2)22)15-7-9-17(23-3)10-8-15/h4-11,19H,12H2,1-3H3/t19-/m1/s1. The first-order chi connectivity index (χ1) is 11.1. The summed E-state index contributed by atoms with van der Waals surface area (Å²) < 4.78 is 5.19. The van der Waals surface area contributed by atoms with E-state index in [1.54, 1.807) is 19.0 Å². The van der Waals surface area contributed by atoms with Crippen molar-refractivity contribution >= 4 is 11.6 Å². The molecule has 1 atom stereocenters. The van der Waals surface area contributed by atoms with Crippen molar-refractivity contribution in [3.8, 4) is 5.75 Å². The fourth-order valence-electron chi connectivity index (χ4n) is 2.90. The van der Waals surface area contributed by atoms with Crippen LogP contribution in [0.25, 0.3) is 0 Å². The number of nitrogens with zero attached hydrogens (tertiary/aromatic N) is 2. The number of methoxy groups -OCH3 is 1. The van der Waals surface area contributed by atoms with Gasteiger partial charge in [-0.25, -0.2) is 5.01 Å². The molecule has 0 bridgehead atoms. The summed E-state index contributed by atoms with van der Waals surface area (Å²) >= 11 is 0. The minimum Gasteiger partial charge on any atom is -0.497 e. The van der Waals surface area contributed by atoms with E-state index in [-0.39, 0.29) is 11.9 Å². The number of amides is 1. The smallest absolute Gasteiger partial charge is 0.240 e. The van der Waals surface area contributed by atoms with E-state index in [1.165, 1.54) is 5.56 Å². The molecule has 1 amide bonds. The van der Waals surface area contributed by atoms with Crippen LogP contribution in [0.1, 0.15) is 36.1 Å². The van der Waals surface area contributed by atoms with E-state index in [0.717, 1.165) is 29.0 Å². The summed E-state index contributed by atoms with van der Waals surface area (Å²) in [6.45, 7) is 3.62. The molecular formula is C19H20N2O2. The lowest BCUT2D eigenvalue weighted by Gasteiger charge is -2.20. The third-order valence-corrected chi connectivity index (χ3v) is 4.08. The molecule has 0 N–H and O–H groups in total. The van der Waals surface area contributed by atoms with Gasteiger partial charge in [0.25, 0.3) is 0 Å². The fraction of sp³-hybridized carbons (Fsp3) is 0.263. The summed E-state index contributed by atoms with van der Waals surface area (Å²) in [6.07, 6.45) is 0.718. The molecule has 0 saturated carbocycles. The van der Waals surface area contributed by atoms with Crippen LogP contribution in [-0.4, -0.2) is 23.7 Å². The molecule has 0 aromatic heterocycles. The van der Waals surface area contributed by atoms with E-state index in [4.69, 9.17) is 4.74 Å². The van der Waals surface area contributed by atoms with Crippen molar-refractivity contribution in [1.82, 2.24) is 5.01 Å². The lowest BCUT2D eigenvalue weighted by Crippen LogP contribution is -2.24. The third kappa shape index (κ3) is 3.11. The number of hydrogen-bond acceptors (Lipinski definition) is 3. The first-order valence-electron chi connectivity index (χ1n) is 7.67. The highest BCUT2D eigenvalue weighted by Gasteiger charge is 2.31. The number of hydrogen-bond donors (Lipinski definition) is 0. The second kappa shape index (κ2) is 6.24. The van der Waals surface area contributed by atoms with Crippen molar-refractivity contribution in [3.63, 3.8) is 0 Å². The van der Waals surface area contributed by atoms with E-state index in [2.05, 4.69) is 30.2 Å². The Labute approximate surface area is 136 Å². The molecule has 4 nitrogen and oxygen atoms in total. The van der Waals surface area contributed by atoms with Gasteiger partial charge in [0, 0.05) is 13.3 Å². The van der Waals surface area contributed by atoms with Gasteiger partial charge in [-0.15, -0.1) is 0 Å². The summed E-state index contributed by atoms with van der Waals surface area (Å²) in [4.78, 5) is 12.0. The van der Waals surface area contributed by atoms with E-state index >= 15 is 0 Å². The molecule has 1 aliphatic rings. The topological polar surface area (TPSA) is 41.9 Å². The van der Waals surface area contributed by atoms with Crippen LogP contribution in [0.15, 0.2) is 53.6 Å². The Hall–Kier alpha value is -2.62. The Kier molecular flexibility index (Phi) is 4.15. The van der Waals surface area contributed by atoms with Crippen molar-refractivity contribution in [3.05, 3.63) is 65.2 Å². The van der Waals surface area contributed by atoms with Gasteiger partial charge < -0.3 is 4.74 Å². The molecule has 1 aliphatic heterocycles. The highest BCUT2D eigenvalue weighted by molar-refractivity contribution is 6.03. The van der Waals surface area contributed by atoms with Gasteiger partial charge >= 0.3 is 0 Å². The van der Waals surface area contributed by atoms with Crippen LogP contribution in [0.3, 0.4) is 0 Å². The van der Waals surface area contributed by atoms with E-state index in [9.17, 15) is 4.79 Å². The third-order valence-electron chi connectivity index (χ3n) is 4.08. The molecule has 0 unspecified atom stereocenters. The summed E-state index contributed by atoms with van der Waals surface area (Å²) in [5.74, 6) is 0.769. The molecule has 1 heterocycles. The number of carbonyl (C=O) groups is 1. The van der Waals surface area contributed by atoms with Gasteiger partial charge in [0.2, 0.25) is 5.91 Å². The van der Waals surface area contributed by atoms with Gasteiger partial charge in [-0.1, -0.05) is 29.8 Å². The largest absolute Gasteiger partial charge is 0.497 e. The van der Waals surface area contributed by atoms with Gasteiger partial charge in [0.05, 0.1) is 18.9 Å². The minimum atomic E-state index is -0.0417. The minimum absolute atomic E-state index is 0.0375. The van der Waals surface area contributed by atoms with Gasteiger partial charge in [-0.05, 0) is 42.3 Å². The van der Waals surface area contributed by atoms with Crippen molar-refractivity contribution in [1.29, 1.82) is 0 Å². The molecule has 2 aromatic rings. The van der Waals surface area contributed by atoms with Gasteiger partial charge in [-0.3, -0.25) is 4.79 Å². The van der Waals surface area contributed by atoms with Crippen molar-refractivity contribution < 1.29 is 9.53 Å². The molecule has 0 aliphatic carbocycles. The number of benzene rings is 2. The predicted octanol–water partition coefficient (Wildman–Crippen LogP) is 3.70. The average Bonchev–Trinajstić information content (AvgIpc) is 3.00. The summed E-state index contributed by atoms with van der Waals surface area (Å²) in [5.41, 5.74) is 4.25. The Balaban J connectivity index is 1.91. The summed E-state index contributed by atoms with van der Waals surface area (Å²) in [7, 11) is 1.65. The van der Waals surface area contributed by atoms with Crippen molar-refractivity contribution in [2.45, 2.75) is 26.3 Å². The van der Waals surface area contributed by atoms with Gasteiger partial charge in [0.15, 0.2) is 0 Å². The van der Waals surface area contributed by atoms with Crippen LogP contribution >= 0.6 is 0 Å². The Morgan fingerprint density at radius 2 is 1.96 bits per heavy atom. The number of ether oxygens (including phenoxy) is 1. The second-order valence-electron chi connectivity index (χ2n) is 5.77. The molecule has 0 saturated heterocycles. The van der Waals surface area contributed by atoms with Gasteiger partial charge in [0.1, 0.15) is 5.75 Å². The Morgan fingerprint density at radius 1 is 1.22 bits per heavy atom. The van der Waals surface area contributed by atoms with Crippen LogP contribution in [0.2, 0.25) is 0 Å². The number of aryl methyl sites for hydroxylation is 1. The quantitative estimate of drug-likeness (QED) is 0.867. The van der Waals surface area contributed by atoms with E-state index in [1.807, 2.05) is 30.3 Å². The lowest BCUT2D eigenvalue weighted by molar-refractivity contribution is -0.130. The molecule has 2 aromatic carbocycles. The summed E-state index contributed by atoms with van der Waals surface area (Å²) in [5, 5.41) is 6.15. The molecule has 0 radical (unpaired) electrons. The molecule has 23 heavy (non-hydrogen) atoms. The number of rotatable bonds is 3. The maximum Gasteiger partial charge on any atom is 0.240 e. The van der Waals surface area contributed by atoms with Crippen LogP contribution in [-0.2, 0) is 4.79 Å². The zero-order valence-electron chi connectivity index (χ0n) is 13.6. The molecule has 3 rings (SSSR count). The fourth-order valence-corrected chi connectivity index (χ4v) is 2.90. The average molecular weight is 308 g/mol. The normalized spacial score (nSPS) is 17.1. The monoisotopic (exact) mass is 308 g/mol. The predicted molar refractivity (Wildman–Crippen MR) is 90.6 cm³/mol. The lowest BCUT2D eigenvalue weighted by atomic mass is 9.97. The Bertz CT molecular complexity index is 750. The maximum atomic E-state index is 12.0. The zero-order chi connectivity index (χ0) is 16.4. The van der Waals surface area contributed by atoms with E-state index in [0.29, 0.717) is 0 Å². The zero-order valence-corrected chi connectivity index (χ0v) is 13.6. The Morgan fingerprint density at radius 3 is 2.57 bits per heavy atom. The first-order valence-corrected chi connectivity index (χ1v) is 7.67. The van der Waals surface area contributed by atoms with Crippen LogP contribution in [0.5, 0.6) is 5.75 Å². The highest BCUT2D eigenvalue weighted by Crippen LogP contribution is 2.33. The molecule has 0 spiro atoms. The van der Waals surface area contributed by atoms with Crippen LogP contribution in [0.4, 0.5) is 0 Å². The first kappa shape index (κ1) is 15.3. The second-order valence-corrected chi connectivity index (χ2v) is 5.77. The molecule has 0 fully saturated rings. The van der Waals surface area contributed by atoms with Crippen molar-refractivity contribution in [2.24, 2.45) is 5.10 Å². The highest BCUT2D eigenvalue weighted by atomic mass is 16.5. The molecular weight excluding hydrogens is 288 g/mol. The van der Waals surface area contributed by atoms with Gasteiger partial charge in [-0.2, -0.15) is 5.10 Å². The maximum absolute atomic E-state index is 12.0.